The van der Waals surface area contributed by atoms with Gasteiger partial charge in [0.1, 0.15) is 5.54 Å². The lowest BCUT2D eigenvalue weighted by Crippen LogP contribution is -2.48. The number of nitrogens with two attached hydrogens (primary N) is 1. The number of benzene rings is 1. The van der Waals surface area contributed by atoms with E-state index in [4.69, 9.17) is 5.73 Å². The second-order valence-corrected chi connectivity index (χ2v) is 4.48. The van der Waals surface area contributed by atoms with Gasteiger partial charge in [0.15, 0.2) is 0 Å². The summed E-state index contributed by atoms with van der Waals surface area (Å²) < 4.78 is 0.970. The van der Waals surface area contributed by atoms with Crippen LogP contribution in [0.15, 0.2) is 28.7 Å². The maximum atomic E-state index is 11.7. The third-order valence-electron chi connectivity index (χ3n) is 2.25. The summed E-state index contributed by atoms with van der Waals surface area (Å²) in [4.78, 5) is 11.7. The lowest BCUT2D eigenvalue weighted by Gasteiger charge is -2.23. The summed E-state index contributed by atoms with van der Waals surface area (Å²) in [6.07, 6.45) is 0. The molecule has 1 atom stereocenters. The SMILES string of the molecule is CCNC(=O)C(C)(N)c1ccc(Br)cc1. The van der Waals surface area contributed by atoms with Crippen LogP contribution in [0, 0.1) is 0 Å². The highest BCUT2D eigenvalue weighted by Crippen LogP contribution is 2.20. The molecule has 3 nitrogen and oxygen atoms in total. The Morgan fingerprint density at radius 3 is 2.47 bits per heavy atom. The Kier molecular flexibility index (Phi) is 3.88. The molecule has 0 fully saturated rings. The second kappa shape index (κ2) is 4.77. The Morgan fingerprint density at radius 1 is 1.47 bits per heavy atom. The molecule has 4 heteroatoms. The van der Waals surface area contributed by atoms with Crippen LogP contribution < -0.4 is 11.1 Å². The molecule has 0 aliphatic heterocycles. The molecule has 0 radical (unpaired) electrons. The fourth-order valence-corrected chi connectivity index (χ4v) is 1.54. The molecule has 15 heavy (non-hydrogen) atoms. The molecule has 1 amide bonds. The topological polar surface area (TPSA) is 55.1 Å². The van der Waals surface area contributed by atoms with E-state index in [1.54, 1.807) is 6.92 Å². The fraction of sp³-hybridized carbons (Fsp3) is 0.364. The van der Waals surface area contributed by atoms with Crippen molar-refractivity contribution in [2.75, 3.05) is 6.54 Å². The van der Waals surface area contributed by atoms with E-state index in [-0.39, 0.29) is 5.91 Å². The molecular formula is C11H15BrN2O. The van der Waals surface area contributed by atoms with Gasteiger partial charge in [-0.1, -0.05) is 28.1 Å². The summed E-state index contributed by atoms with van der Waals surface area (Å²) >= 11 is 3.34. The van der Waals surface area contributed by atoms with Crippen molar-refractivity contribution in [2.45, 2.75) is 19.4 Å². The van der Waals surface area contributed by atoms with Crippen LogP contribution in [0.4, 0.5) is 0 Å². The number of rotatable bonds is 3. The van der Waals surface area contributed by atoms with Crippen molar-refractivity contribution in [1.82, 2.24) is 5.32 Å². The minimum absolute atomic E-state index is 0.160. The minimum Gasteiger partial charge on any atom is -0.354 e. The molecule has 0 saturated heterocycles. The summed E-state index contributed by atoms with van der Waals surface area (Å²) in [7, 11) is 0. The van der Waals surface area contributed by atoms with E-state index >= 15 is 0 Å². The first-order valence-corrected chi connectivity index (χ1v) is 5.61. The predicted molar refractivity (Wildman–Crippen MR) is 64.4 cm³/mol. The Bertz CT molecular complexity index is 346. The van der Waals surface area contributed by atoms with Gasteiger partial charge in [-0.2, -0.15) is 0 Å². The van der Waals surface area contributed by atoms with Gasteiger partial charge in [-0.15, -0.1) is 0 Å². The first-order valence-electron chi connectivity index (χ1n) is 4.81. The maximum Gasteiger partial charge on any atom is 0.244 e. The summed E-state index contributed by atoms with van der Waals surface area (Å²) in [5.41, 5.74) is 5.82. The van der Waals surface area contributed by atoms with E-state index < -0.39 is 5.54 Å². The number of carbonyl (C=O) groups excluding carboxylic acids is 1. The van der Waals surface area contributed by atoms with Gasteiger partial charge in [0, 0.05) is 11.0 Å². The minimum atomic E-state index is -0.975. The number of carbonyl (C=O) groups is 1. The quantitative estimate of drug-likeness (QED) is 0.880. The molecule has 0 spiro atoms. The largest absolute Gasteiger partial charge is 0.354 e. The number of nitrogens with one attached hydrogen (secondary N) is 1. The highest BCUT2D eigenvalue weighted by molar-refractivity contribution is 9.10. The Morgan fingerprint density at radius 2 is 2.00 bits per heavy atom. The van der Waals surface area contributed by atoms with Gasteiger partial charge in [0.05, 0.1) is 0 Å². The summed E-state index contributed by atoms with van der Waals surface area (Å²) in [5, 5.41) is 2.72. The maximum absolute atomic E-state index is 11.7. The third kappa shape index (κ3) is 2.79. The molecule has 0 aromatic heterocycles. The number of hydrogen-bond donors (Lipinski definition) is 2. The zero-order chi connectivity index (χ0) is 11.5. The van der Waals surface area contributed by atoms with E-state index in [1.165, 1.54) is 0 Å². The number of hydrogen-bond acceptors (Lipinski definition) is 2. The molecule has 0 aliphatic carbocycles. The van der Waals surface area contributed by atoms with Gasteiger partial charge in [-0.05, 0) is 31.5 Å². The van der Waals surface area contributed by atoms with Gasteiger partial charge in [0.25, 0.3) is 0 Å². The average molecular weight is 271 g/mol. The lowest BCUT2D eigenvalue weighted by molar-refractivity contribution is -0.126. The van der Waals surface area contributed by atoms with Gasteiger partial charge in [-0.25, -0.2) is 0 Å². The Labute approximate surface area is 98.2 Å². The molecule has 0 heterocycles. The van der Waals surface area contributed by atoms with E-state index in [9.17, 15) is 4.79 Å². The molecule has 1 unspecified atom stereocenters. The average Bonchev–Trinajstić information content (AvgIpc) is 2.18. The smallest absolute Gasteiger partial charge is 0.244 e. The number of likely N-dealkylation sites (N-methyl/N-ethyl adjacent to an activating group) is 1. The summed E-state index contributed by atoms with van der Waals surface area (Å²) in [6.45, 7) is 4.17. The first kappa shape index (κ1) is 12.2. The summed E-state index contributed by atoms with van der Waals surface area (Å²) in [5.74, 6) is -0.160. The van der Waals surface area contributed by atoms with Crippen molar-refractivity contribution in [3.05, 3.63) is 34.3 Å². The van der Waals surface area contributed by atoms with Crippen molar-refractivity contribution in [3.8, 4) is 0 Å². The molecule has 3 N–H and O–H groups in total. The van der Waals surface area contributed by atoms with Gasteiger partial charge in [0.2, 0.25) is 5.91 Å². The molecule has 0 aliphatic rings. The molecule has 1 aromatic carbocycles. The Balaban J connectivity index is 2.94. The molecule has 1 rings (SSSR count). The van der Waals surface area contributed by atoms with Crippen LogP contribution in [0.5, 0.6) is 0 Å². The molecule has 1 aromatic rings. The van der Waals surface area contributed by atoms with Gasteiger partial charge in [-0.3, -0.25) is 4.79 Å². The van der Waals surface area contributed by atoms with Crippen LogP contribution in [0.2, 0.25) is 0 Å². The van der Waals surface area contributed by atoms with Crippen molar-refractivity contribution < 1.29 is 4.79 Å². The van der Waals surface area contributed by atoms with Crippen molar-refractivity contribution in [2.24, 2.45) is 5.73 Å². The van der Waals surface area contributed by atoms with Crippen LogP contribution in [-0.4, -0.2) is 12.5 Å². The van der Waals surface area contributed by atoms with Crippen molar-refractivity contribution >= 4 is 21.8 Å². The molecular weight excluding hydrogens is 256 g/mol. The van der Waals surface area contributed by atoms with Crippen LogP contribution >= 0.6 is 15.9 Å². The Hall–Kier alpha value is -0.870. The standard InChI is InChI=1S/C11H15BrN2O/c1-3-14-10(15)11(2,13)8-4-6-9(12)7-5-8/h4-7H,3,13H2,1-2H3,(H,14,15). The van der Waals surface area contributed by atoms with Crippen molar-refractivity contribution in [3.63, 3.8) is 0 Å². The predicted octanol–water partition coefficient (Wildman–Crippen LogP) is 1.76. The normalized spacial score (nSPS) is 14.4. The number of halogens is 1. The van der Waals surface area contributed by atoms with E-state index in [0.717, 1.165) is 10.0 Å². The van der Waals surface area contributed by atoms with E-state index in [2.05, 4.69) is 21.2 Å². The van der Waals surface area contributed by atoms with E-state index in [0.29, 0.717) is 6.54 Å². The van der Waals surface area contributed by atoms with Crippen molar-refractivity contribution in [1.29, 1.82) is 0 Å². The zero-order valence-electron chi connectivity index (χ0n) is 8.88. The molecule has 82 valence electrons. The molecule has 0 bridgehead atoms. The highest BCUT2D eigenvalue weighted by Gasteiger charge is 2.29. The monoisotopic (exact) mass is 270 g/mol. The van der Waals surface area contributed by atoms with Crippen LogP contribution in [0.25, 0.3) is 0 Å². The molecule has 0 saturated carbocycles. The second-order valence-electron chi connectivity index (χ2n) is 3.57. The zero-order valence-corrected chi connectivity index (χ0v) is 10.5. The van der Waals surface area contributed by atoms with Crippen LogP contribution in [0.3, 0.4) is 0 Å². The number of amides is 1. The third-order valence-corrected chi connectivity index (χ3v) is 2.78. The first-order chi connectivity index (χ1) is 6.98. The lowest BCUT2D eigenvalue weighted by atomic mass is 9.92. The highest BCUT2D eigenvalue weighted by atomic mass is 79.9. The van der Waals surface area contributed by atoms with Crippen LogP contribution in [-0.2, 0) is 10.3 Å². The van der Waals surface area contributed by atoms with Crippen LogP contribution in [0.1, 0.15) is 19.4 Å². The van der Waals surface area contributed by atoms with Gasteiger partial charge < -0.3 is 11.1 Å². The summed E-state index contributed by atoms with van der Waals surface area (Å²) in [6, 6.07) is 7.44. The fourth-order valence-electron chi connectivity index (χ4n) is 1.27. The van der Waals surface area contributed by atoms with E-state index in [1.807, 2.05) is 31.2 Å². The van der Waals surface area contributed by atoms with Gasteiger partial charge >= 0.3 is 0 Å².